The second kappa shape index (κ2) is 7.82. The van der Waals surface area contributed by atoms with Gasteiger partial charge in [0.05, 0.1) is 0 Å². The van der Waals surface area contributed by atoms with Gasteiger partial charge < -0.3 is 10.2 Å². The van der Waals surface area contributed by atoms with E-state index in [1.807, 2.05) is 35.2 Å². The first kappa shape index (κ1) is 17.6. The number of carbonyl (C=O) groups is 2. The maximum absolute atomic E-state index is 12.8. The molecule has 2 fully saturated rings. The maximum Gasteiger partial charge on any atom is 0.321 e. The van der Waals surface area contributed by atoms with E-state index in [-0.39, 0.29) is 11.9 Å². The van der Waals surface area contributed by atoms with Crippen LogP contribution in [0.15, 0.2) is 54.6 Å². The molecule has 2 aromatic carbocycles. The van der Waals surface area contributed by atoms with Crippen molar-refractivity contribution in [1.82, 2.24) is 10.2 Å². The monoisotopic (exact) mass is 363 g/mol. The van der Waals surface area contributed by atoms with Crippen molar-refractivity contribution in [3.8, 4) is 0 Å². The number of benzene rings is 2. The lowest BCUT2D eigenvalue weighted by atomic mass is 9.90. The van der Waals surface area contributed by atoms with Gasteiger partial charge in [0.15, 0.2) is 0 Å². The van der Waals surface area contributed by atoms with Crippen LogP contribution in [0.1, 0.15) is 28.8 Å². The van der Waals surface area contributed by atoms with Gasteiger partial charge in [-0.15, -0.1) is 0 Å². The summed E-state index contributed by atoms with van der Waals surface area (Å²) in [5.41, 5.74) is 2.91. The summed E-state index contributed by atoms with van der Waals surface area (Å²) in [7, 11) is 0. The predicted octanol–water partition coefficient (Wildman–Crippen LogP) is 3.31. The van der Waals surface area contributed by atoms with Crippen LogP contribution in [-0.4, -0.2) is 43.0 Å². The minimum atomic E-state index is -0.0745. The number of rotatable bonds is 4. The molecule has 0 spiro atoms. The SMILES string of the molecule is O=C(c1ccc(N2CCNC2=O)cc1)N1CCC(Cc2ccccc2)CC1. The van der Waals surface area contributed by atoms with E-state index >= 15 is 0 Å². The molecule has 2 heterocycles. The van der Waals surface area contributed by atoms with E-state index in [1.54, 1.807) is 4.90 Å². The van der Waals surface area contributed by atoms with E-state index in [1.165, 1.54) is 5.56 Å². The molecule has 0 radical (unpaired) electrons. The highest BCUT2D eigenvalue weighted by atomic mass is 16.2. The van der Waals surface area contributed by atoms with Crippen LogP contribution < -0.4 is 10.2 Å². The Morgan fingerprint density at radius 1 is 0.963 bits per heavy atom. The summed E-state index contributed by atoms with van der Waals surface area (Å²) in [5, 5.41) is 2.79. The molecule has 5 heteroatoms. The fraction of sp³-hybridized carbons (Fsp3) is 0.364. The molecular formula is C22H25N3O2. The Bertz CT molecular complexity index is 796. The van der Waals surface area contributed by atoms with E-state index < -0.39 is 0 Å². The standard InChI is InChI=1S/C22H25N3O2/c26-21(19-6-8-20(9-7-19)25-15-12-23-22(25)27)24-13-10-18(11-14-24)16-17-4-2-1-3-5-17/h1-9,18H,10-16H2,(H,23,27). The molecule has 1 N–H and O–H groups in total. The first-order valence-electron chi connectivity index (χ1n) is 9.69. The number of nitrogens with zero attached hydrogens (tertiary/aromatic N) is 2. The van der Waals surface area contributed by atoms with Crippen LogP contribution in [0.3, 0.4) is 0 Å². The second-order valence-electron chi connectivity index (χ2n) is 7.36. The number of urea groups is 1. The van der Waals surface area contributed by atoms with Gasteiger partial charge in [-0.25, -0.2) is 4.79 Å². The number of likely N-dealkylation sites (tertiary alicyclic amines) is 1. The summed E-state index contributed by atoms with van der Waals surface area (Å²) in [5.74, 6) is 0.734. The predicted molar refractivity (Wildman–Crippen MR) is 106 cm³/mol. The Morgan fingerprint density at radius 3 is 2.30 bits per heavy atom. The molecule has 0 aliphatic carbocycles. The second-order valence-corrected chi connectivity index (χ2v) is 7.36. The topological polar surface area (TPSA) is 52.7 Å². The molecule has 0 saturated carbocycles. The third-order valence-electron chi connectivity index (χ3n) is 5.55. The number of anilines is 1. The van der Waals surface area contributed by atoms with E-state index in [4.69, 9.17) is 0 Å². The molecule has 0 bridgehead atoms. The molecule has 2 aliphatic rings. The lowest BCUT2D eigenvalue weighted by Gasteiger charge is -2.32. The Balaban J connectivity index is 1.33. The Kier molecular flexibility index (Phi) is 5.10. The van der Waals surface area contributed by atoms with Gasteiger partial charge in [-0.3, -0.25) is 9.69 Å². The molecular weight excluding hydrogens is 338 g/mol. The number of carbonyl (C=O) groups excluding carboxylic acids is 2. The summed E-state index contributed by atoms with van der Waals surface area (Å²) in [6, 6.07) is 17.9. The zero-order chi connectivity index (χ0) is 18.6. The highest BCUT2D eigenvalue weighted by Gasteiger charge is 2.25. The normalized spacial score (nSPS) is 17.9. The van der Waals surface area contributed by atoms with Crippen molar-refractivity contribution >= 4 is 17.6 Å². The van der Waals surface area contributed by atoms with Crippen LogP contribution in [0.5, 0.6) is 0 Å². The molecule has 0 atom stereocenters. The largest absolute Gasteiger partial charge is 0.339 e. The van der Waals surface area contributed by atoms with E-state index in [0.29, 0.717) is 24.6 Å². The van der Waals surface area contributed by atoms with Crippen molar-refractivity contribution in [2.45, 2.75) is 19.3 Å². The Labute approximate surface area is 160 Å². The fourth-order valence-electron chi connectivity index (χ4n) is 3.97. The van der Waals surface area contributed by atoms with Crippen molar-refractivity contribution in [3.05, 3.63) is 65.7 Å². The molecule has 5 nitrogen and oxygen atoms in total. The average molecular weight is 363 g/mol. The lowest BCUT2D eigenvalue weighted by molar-refractivity contribution is 0.0690. The van der Waals surface area contributed by atoms with Gasteiger partial charge in [0, 0.05) is 37.4 Å². The molecule has 140 valence electrons. The van der Waals surface area contributed by atoms with Crippen LogP contribution in [-0.2, 0) is 6.42 Å². The molecule has 2 saturated heterocycles. The number of nitrogens with one attached hydrogen (secondary N) is 1. The van der Waals surface area contributed by atoms with Gasteiger partial charge in [-0.05, 0) is 55.0 Å². The smallest absolute Gasteiger partial charge is 0.321 e. The Morgan fingerprint density at radius 2 is 1.67 bits per heavy atom. The first-order chi connectivity index (χ1) is 13.2. The van der Waals surface area contributed by atoms with Crippen molar-refractivity contribution < 1.29 is 9.59 Å². The number of hydrogen-bond acceptors (Lipinski definition) is 2. The van der Waals surface area contributed by atoms with Crippen LogP contribution in [0, 0.1) is 5.92 Å². The van der Waals surface area contributed by atoms with Gasteiger partial charge in [0.1, 0.15) is 0 Å². The van der Waals surface area contributed by atoms with Gasteiger partial charge >= 0.3 is 6.03 Å². The highest BCUT2D eigenvalue weighted by molar-refractivity contribution is 5.97. The third-order valence-corrected chi connectivity index (χ3v) is 5.55. The van der Waals surface area contributed by atoms with Crippen LogP contribution in [0.2, 0.25) is 0 Å². The zero-order valence-electron chi connectivity index (χ0n) is 15.4. The number of amides is 3. The fourth-order valence-corrected chi connectivity index (χ4v) is 3.97. The van der Waals surface area contributed by atoms with Crippen molar-refractivity contribution in [3.63, 3.8) is 0 Å². The minimum Gasteiger partial charge on any atom is -0.339 e. The molecule has 2 aliphatic heterocycles. The van der Waals surface area contributed by atoms with Crippen molar-refractivity contribution in [2.24, 2.45) is 5.92 Å². The summed E-state index contributed by atoms with van der Waals surface area (Å²) < 4.78 is 0. The van der Waals surface area contributed by atoms with E-state index in [0.717, 1.165) is 38.0 Å². The summed E-state index contributed by atoms with van der Waals surface area (Å²) in [6.45, 7) is 2.96. The number of piperidine rings is 1. The van der Waals surface area contributed by atoms with Gasteiger partial charge in [-0.2, -0.15) is 0 Å². The number of hydrogen-bond donors (Lipinski definition) is 1. The third kappa shape index (κ3) is 3.97. The van der Waals surface area contributed by atoms with Gasteiger partial charge in [0.2, 0.25) is 0 Å². The van der Waals surface area contributed by atoms with Crippen molar-refractivity contribution in [2.75, 3.05) is 31.1 Å². The van der Waals surface area contributed by atoms with Gasteiger partial charge in [0.25, 0.3) is 5.91 Å². The molecule has 0 aromatic heterocycles. The molecule has 27 heavy (non-hydrogen) atoms. The summed E-state index contributed by atoms with van der Waals surface area (Å²) in [6.07, 6.45) is 3.19. The first-order valence-corrected chi connectivity index (χ1v) is 9.69. The summed E-state index contributed by atoms with van der Waals surface area (Å²) in [4.78, 5) is 28.2. The maximum atomic E-state index is 12.8. The van der Waals surface area contributed by atoms with Crippen molar-refractivity contribution in [1.29, 1.82) is 0 Å². The molecule has 3 amide bonds. The average Bonchev–Trinajstić information content (AvgIpc) is 3.15. The van der Waals surface area contributed by atoms with E-state index in [2.05, 4.69) is 29.6 Å². The van der Waals surface area contributed by atoms with Crippen LogP contribution in [0.25, 0.3) is 0 Å². The van der Waals surface area contributed by atoms with Crippen LogP contribution >= 0.6 is 0 Å². The van der Waals surface area contributed by atoms with E-state index in [9.17, 15) is 9.59 Å². The Hall–Kier alpha value is -2.82. The van der Waals surface area contributed by atoms with Crippen LogP contribution in [0.4, 0.5) is 10.5 Å². The zero-order valence-corrected chi connectivity index (χ0v) is 15.4. The minimum absolute atomic E-state index is 0.0745. The lowest BCUT2D eigenvalue weighted by Crippen LogP contribution is -2.38. The molecule has 2 aromatic rings. The highest BCUT2D eigenvalue weighted by Crippen LogP contribution is 2.24. The van der Waals surface area contributed by atoms with Gasteiger partial charge in [-0.1, -0.05) is 30.3 Å². The summed E-state index contributed by atoms with van der Waals surface area (Å²) >= 11 is 0. The molecule has 4 rings (SSSR count). The quantitative estimate of drug-likeness (QED) is 0.906. The molecule has 0 unspecified atom stereocenters.